The summed E-state index contributed by atoms with van der Waals surface area (Å²) in [6, 6.07) is 14.4. The van der Waals surface area contributed by atoms with E-state index in [-0.39, 0.29) is 43.1 Å². The third kappa shape index (κ3) is 17.6. The van der Waals surface area contributed by atoms with E-state index in [1.165, 1.54) is 0 Å². The molecular weight excluding hydrogens is 703 g/mol. The van der Waals surface area contributed by atoms with Crippen LogP contribution in [0.1, 0.15) is 62.5 Å². The van der Waals surface area contributed by atoms with Crippen LogP contribution in [0.3, 0.4) is 0 Å². The molecule has 0 aliphatic carbocycles. The van der Waals surface area contributed by atoms with Gasteiger partial charge in [-0.05, 0) is 50.4 Å². The number of amides is 3. The number of carboxylic acids is 2. The van der Waals surface area contributed by atoms with E-state index in [4.69, 9.17) is 5.73 Å². The van der Waals surface area contributed by atoms with E-state index in [9.17, 15) is 43.8 Å². The molecular formula is C38H53N5O9S. The summed E-state index contributed by atoms with van der Waals surface area (Å²) < 4.78 is 0. The number of hydrogen-bond acceptors (Lipinski definition) is 10. The second-order valence-corrected chi connectivity index (χ2v) is 13.4. The first-order valence-corrected chi connectivity index (χ1v) is 18.4. The van der Waals surface area contributed by atoms with E-state index in [1.54, 1.807) is 12.1 Å². The Morgan fingerprint density at radius 3 is 1.83 bits per heavy atom. The number of Topliss-reactive ketones (excluding diaryl/α,β-unsaturated/α-hetero) is 2. The Balaban J connectivity index is 2.16. The van der Waals surface area contributed by atoms with Crippen molar-refractivity contribution >= 4 is 53.9 Å². The van der Waals surface area contributed by atoms with Gasteiger partial charge in [0, 0.05) is 37.5 Å². The van der Waals surface area contributed by atoms with E-state index in [2.05, 4.69) is 33.9 Å². The number of rotatable bonds is 27. The Morgan fingerprint density at radius 2 is 1.26 bits per heavy atom. The summed E-state index contributed by atoms with van der Waals surface area (Å²) in [5.74, 6) is -7.89. The van der Waals surface area contributed by atoms with Gasteiger partial charge in [0.25, 0.3) is 0 Å². The van der Waals surface area contributed by atoms with Gasteiger partial charge in [-0.3, -0.25) is 33.6 Å². The molecule has 0 heterocycles. The number of carbonyl (C=O) groups is 7. The highest BCUT2D eigenvalue weighted by molar-refractivity contribution is 7.80. The standard InChI is InChI=1S/C38H53N5O9S/c1-40-17-11-3-2-10-16-34(46)42-30(19-26-14-8-5-9-15-26)32(44)20-27(18-25-12-6-4-7-13-25)36(49)41-23-29(39)37(50)43-31(22-35(47)48)33(45)21-28(24-53)38(51)52/h4-9,12-15,27-31,40,53H,2-3,10-11,16-24,39H2,1H3,(H,41,49)(H,42,46)(H,43,50)(H,47,48)(H,51,52)/t27?,28-,29+,30?,31+/m1/s1. The fraction of sp³-hybridized carbons (Fsp3) is 0.500. The summed E-state index contributed by atoms with van der Waals surface area (Å²) in [7, 11) is 1.89. The highest BCUT2D eigenvalue weighted by Crippen LogP contribution is 2.17. The molecule has 0 saturated carbocycles. The van der Waals surface area contributed by atoms with Crippen molar-refractivity contribution in [3.05, 3.63) is 71.8 Å². The normalized spacial score (nSPS) is 13.8. The summed E-state index contributed by atoms with van der Waals surface area (Å²) in [5, 5.41) is 29.4. The summed E-state index contributed by atoms with van der Waals surface area (Å²) in [6.07, 6.45) is 2.62. The first kappa shape index (κ1) is 44.6. The molecule has 2 aromatic rings. The lowest BCUT2D eigenvalue weighted by Gasteiger charge is -2.23. The van der Waals surface area contributed by atoms with Gasteiger partial charge in [-0.15, -0.1) is 0 Å². The van der Waals surface area contributed by atoms with Gasteiger partial charge in [0.15, 0.2) is 11.6 Å². The van der Waals surface area contributed by atoms with Crippen LogP contribution in [0.2, 0.25) is 0 Å². The van der Waals surface area contributed by atoms with Gasteiger partial charge in [0.2, 0.25) is 17.7 Å². The molecule has 8 N–H and O–H groups in total. The number of carbonyl (C=O) groups excluding carboxylic acids is 5. The molecule has 0 radical (unpaired) electrons. The molecule has 2 rings (SSSR count). The highest BCUT2D eigenvalue weighted by atomic mass is 32.1. The number of carboxylic acid groups (broad SMARTS) is 2. The lowest BCUT2D eigenvalue weighted by Crippen LogP contribution is -2.53. The van der Waals surface area contributed by atoms with Gasteiger partial charge >= 0.3 is 11.9 Å². The molecule has 14 nitrogen and oxygen atoms in total. The number of nitrogens with two attached hydrogens (primary N) is 1. The lowest BCUT2D eigenvalue weighted by molar-refractivity contribution is -0.143. The van der Waals surface area contributed by atoms with Crippen molar-refractivity contribution in [3.63, 3.8) is 0 Å². The molecule has 0 aliphatic rings. The minimum absolute atomic E-state index is 0.170. The van der Waals surface area contributed by atoms with E-state index in [0.717, 1.165) is 36.9 Å². The second-order valence-electron chi connectivity index (χ2n) is 13.0. The Labute approximate surface area is 315 Å². The Hall–Kier alpha value is -4.60. The fourth-order valence-corrected chi connectivity index (χ4v) is 5.89. The molecule has 0 saturated heterocycles. The van der Waals surface area contributed by atoms with Crippen LogP contribution in [0.15, 0.2) is 60.7 Å². The van der Waals surface area contributed by atoms with Crippen LogP contribution in [0.25, 0.3) is 0 Å². The number of benzene rings is 2. The van der Waals surface area contributed by atoms with Gasteiger partial charge in [-0.1, -0.05) is 73.5 Å². The van der Waals surface area contributed by atoms with Crippen molar-refractivity contribution in [2.24, 2.45) is 17.6 Å². The predicted molar refractivity (Wildman–Crippen MR) is 202 cm³/mol. The number of aliphatic carboxylic acids is 2. The zero-order chi connectivity index (χ0) is 39.2. The minimum Gasteiger partial charge on any atom is -0.481 e. The Bertz CT molecular complexity index is 1500. The maximum absolute atomic E-state index is 13.9. The lowest BCUT2D eigenvalue weighted by atomic mass is 9.89. The molecule has 53 heavy (non-hydrogen) atoms. The van der Waals surface area contributed by atoms with Crippen LogP contribution in [-0.4, -0.2) is 95.5 Å². The third-order valence-corrected chi connectivity index (χ3v) is 9.11. The van der Waals surface area contributed by atoms with E-state index in [1.807, 2.05) is 55.6 Å². The zero-order valence-electron chi connectivity index (χ0n) is 30.1. The van der Waals surface area contributed by atoms with Crippen molar-refractivity contribution in [1.29, 1.82) is 0 Å². The van der Waals surface area contributed by atoms with Crippen LogP contribution in [0.5, 0.6) is 0 Å². The number of ketones is 2. The molecule has 0 aliphatic heterocycles. The van der Waals surface area contributed by atoms with Gasteiger partial charge in [-0.2, -0.15) is 12.6 Å². The molecule has 5 atom stereocenters. The molecule has 3 amide bonds. The van der Waals surface area contributed by atoms with Gasteiger partial charge in [0.05, 0.1) is 24.4 Å². The van der Waals surface area contributed by atoms with Crippen LogP contribution < -0.4 is 27.0 Å². The summed E-state index contributed by atoms with van der Waals surface area (Å²) >= 11 is 3.92. The maximum atomic E-state index is 13.9. The first-order valence-electron chi connectivity index (χ1n) is 17.8. The molecule has 0 bridgehead atoms. The molecule has 290 valence electrons. The average molecular weight is 756 g/mol. The number of nitrogens with one attached hydrogen (secondary N) is 4. The van der Waals surface area contributed by atoms with Gasteiger partial charge in [0.1, 0.15) is 6.04 Å². The van der Waals surface area contributed by atoms with Gasteiger partial charge in [-0.25, -0.2) is 0 Å². The molecule has 2 aromatic carbocycles. The fourth-order valence-electron chi connectivity index (χ4n) is 5.61. The van der Waals surface area contributed by atoms with Crippen LogP contribution in [0, 0.1) is 11.8 Å². The van der Waals surface area contributed by atoms with Crippen molar-refractivity contribution in [1.82, 2.24) is 21.3 Å². The summed E-state index contributed by atoms with van der Waals surface area (Å²) in [6.45, 7) is 0.490. The maximum Gasteiger partial charge on any atom is 0.307 e. The Morgan fingerprint density at radius 1 is 0.698 bits per heavy atom. The van der Waals surface area contributed by atoms with Crippen LogP contribution in [-0.2, 0) is 46.4 Å². The SMILES string of the molecule is CNCCCCCCC(=O)NC(Cc1ccccc1)C(=O)CC(Cc1ccccc1)C(=O)NC[C@H](N)C(=O)N[C@@H](CC(=O)O)C(=O)C[C@H](CS)C(=O)O. The quantitative estimate of drug-likeness (QED) is 0.0483. The average Bonchev–Trinajstić information content (AvgIpc) is 3.13. The van der Waals surface area contributed by atoms with Crippen LogP contribution >= 0.6 is 12.6 Å². The van der Waals surface area contributed by atoms with Crippen molar-refractivity contribution < 1.29 is 43.8 Å². The topological polar surface area (TPSA) is 234 Å². The van der Waals surface area contributed by atoms with Crippen molar-refractivity contribution in [2.45, 2.75) is 82.3 Å². The molecule has 0 spiro atoms. The molecule has 0 fully saturated rings. The van der Waals surface area contributed by atoms with Crippen molar-refractivity contribution in [3.8, 4) is 0 Å². The van der Waals surface area contributed by atoms with Gasteiger partial charge < -0.3 is 37.2 Å². The van der Waals surface area contributed by atoms with E-state index < -0.39 is 78.9 Å². The monoisotopic (exact) mass is 755 g/mol. The Kier molecular flexibility index (Phi) is 20.7. The summed E-state index contributed by atoms with van der Waals surface area (Å²) in [5.41, 5.74) is 7.64. The predicted octanol–water partition coefficient (Wildman–Crippen LogP) is 1.69. The van der Waals surface area contributed by atoms with E-state index in [0.29, 0.717) is 6.42 Å². The first-order chi connectivity index (χ1) is 25.3. The van der Waals surface area contributed by atoms with Crippen molar-refractivity contribution in [2.75, 3.05) is 25.9 Å². The smallest absolute Gasteiger partial charge is 0.307 e. The molecule has 15 heteroatoms. The largest absolute Gasteiger partial charge is 0.481 e. The third-order valence-electron chi connectivity index (χ3n) is 8.66. The minimum atomic E-state index is -1.55. The zero-order valence-corrected chi connectivity index (χ0v) is 31.0. The molecule has 0 aromatic heterocycles. The second kappa shape index (κ2) is 24.6. The molecule has 2 unspecified atom stereocenters. The van der Waals surface area contributed by atoms with Crippen LogP contribution in [0.4, 0.5) is 0 Å². The number of thiol groups is 1. The highest BCUT2D eigenvalue weighted by Gasteiger charge is 2.31. The summed E-state index contributed by atoms with van der Waals surface area (Å²) in [4.78, 5) is 88.9. The number of hydrogen-bond donors (Lipinski definition) is 8. The van der Waals surface area contributed by atoms with E-state index >= 15 is 0 Å². The number of unbranched alkanes of at least 4 members (excludes halogenated alkanes) is 3.